The molecular weight excluding hydrogens is 527 g/mol. The highest BCUT2D eigenvalue weighted by molar-refractivity contribution is 6.42. The molecule has 188 valence electrons. The van der Waals surface area contributed by atoms with Crippen LogP contribution in [-0.2, 0) is 6.42 Å². The maximum absolute atomic E-state index is 13.6. The van der Waals surface area contributed by atoms with Crippen molar-refractivity contribution < 1.29 is 4.79 Å². The first-order chi connectivity index (χ1) is 17.9. The number of nitrogens with zero attached hydrogens (tertiary/aromatic N) is 3. The Kier molecular flexibility index (Phi) is 7.65. The fraction of sp³-hybridized carbons (Fsp3) is 0.207. The SMILES string of the molecule is C[C@@H](NC(=O)c1nn(-c2ccc(Cl)c(Cl)c2)c2c1CCCC/C2=C\c1ccc(Cl)cc1)c1ccccn1. The topological polar surface area (TPSA) is 59.8 Å². The summed E-state index contributed by atoms with van der Waals surface area (Å²) in [5, 5.41) is 9.50. The van der Waals surface area contributed by atoms with Gasteiger partial charge in [-0.15, -0.1) is 0 Å². The maximum Gasteiger partial charge on any atom is 0.272 e. The first-order valence-electron chi connectivity index (χ1n) is 12.2. The molecule has 2 aromatic carbocycles. The second kappa shape index (κ2) is 11.1. The molecule has 0 spiro atoms. The molecule has 0 bridgehead atoms. The van der Waals surface area contributed by atoms with Crippen LogP contribution in [0.4, 0.5) is 0 Å². The average Bonchev–Trinajstić information content (AvgIpc) is 3.17. The molecule has 0 unspecified atom stereocenters. The number of nitrogens with one attached hydrogen (secondary N) is 1. The highest BCUT2D eigenvalue weighted by Gasteiger charge is 2.28. The van der Waals surface area contributed by atoms with Crippen molar-refractivity contribution in [3.63, 3.8) is 0 Å². The highest BCUT2D eigenvalue weighted by atomic mass is 35.5. The normalized spacial score (nSPS) is 15.2. The van der Waals surface area contributed by atoms with Gasteiger partial charge in [0.2, 0.25) is 0 Å². The smallest absolute Gasteiger partial charge is 0.272 e. The Bertz CT molecular complexity index is 1460. The van der Waals surface area contributed by atoms with E-state index in [1.54, 1.807) is 18.3 Å². The largest absolute Gasteiger partial charge is 0.343 e. The van der Waals surface area contributed by atoms with Crippen LogP contribution in [0, 0.1) is 0 Å². The standard InChI is InChI=1S/C29H25Cl3N4O/c1-18(26-8-4-5-15-33-26)34-29(37)27-23-7-3-2-6-20(16-19-9-11-21(30)12-10-19)28(23)36(35-27)22-13-14-24(31)25(32)17-22/h4-5,8-18H,2-3,6-7H2,1H3,(H,34,37)/b20-16+/t18-/m1/s1. The number of carbonyl (C=O) groups excluding carboxylic acids is 1. The summed E-state index contributed by atoms with van der Waals surface area (Å²) in [5.74, 6) is -0.235. The number of rotatable bonds is 5. The van der Waals surface area contributed by atoms with Crippen molar-refractivity contribution in [2.75, 3.05) is 0 Å². The summed E-state index contributed by atoms with van der Waals surface area (Å²) in [7, 11) is 0. The van der Waals surface area contributed by atoms with Gasteiger partial charge in [0.25, 0.3) is 5.91 Å². The molecular formula is C29H25Cl3N4O. The lowest BCUT2D eigenvalue weighted by molar-refractivity contribution is 0.0932. The zero-order valence-corrected chi connectivity index (χ0v) is 22.5. The molecule has 0 saturated carbocycles. The van der Waals surface area contributed by atoms with Crippen LogP contribution in [0.15, 0.2) is 66.9 Å². The maximum atomic E-state index is 13.6. The monoisotopic (exact) mass is 550 g/mol. The second-order valence-electron chi connectivity index (χ2n) is 9.06. The van der Waals surface area contributed by atoms with Crippen molar-refractivity contribution in [2.24, 2.45) is 0 Å². The van der Waals surface area contributed by atoms with Crippen molar-refractivity contribution in [2.45, 2.75) is 38.6 Å². The molecule has 0 fully saturated rings. The molecule has 1 N–H and O–H groups in total. The summed E-state index contributed by atoms with van der Waals surface area (Å²) < 4.78 is 1.82. The van der Waals surface area contributed by atoms with Gasteiger partial charge in [0, 0.05) is 16.8 Å². The number of halogens is 3. The molecule has 1 aliphatic rings. The molecule has 1 atom stereocenters. The lowest BCUT2D eigenvalue weighted by atomic mass is 10.0. The second-order valence-corrected chi connectivity index (χ2v) is 10.3. The third kappa shape index (κ3) is 5.59. The summed E-state index contributed by atoms with van der Waals surface area (Å²) in [6.07, 6.45) is 7.42. The predicted molar refractivity (Wildman–Crippen MR) is 151 cm³/mol. The minimum absolute atomic E-state index is 0.235. The van der Waals surface area contributed by atoms with Crippen LogP contribution in [0.5, 0.6) is 0 Å². The first-order valence-corrected chi connectivity index (χ1v) is 13.3. The molecule has 37 heavy (non-hydrogen) atoms. The number of benzene rings is 2. The summed E-state index contributed by atoms with van der Waals surface area (Å²) in [4.78, 5) is 18.0. The van der Waals surface area contributed by atoms with Gasteiger partial charge in [0.15, 0.2) is 5.69 Å². The van der Waals surface area contributed by atoms with Crippen molar-refractivity contribution in [1.82, 2.24) is 20.1 Å². The summed E-state index contributed by atoms with van der Waals surface area (Å²) >= 11 is 18.7. The van der Waals surface area contributed by atoms with E-state index >= 15 is 0 Å². The molecule has 5 nitrogen and oxygen atoms in total. The molecule has 8 heteroatoms. The zero-order valence-electron chi connectivity index (χ0n) is 20.2. The van der Waals surface area contributed by atoms with E-state index in [1.165, 1.54) is 0 Å². The number of amides is 1. The van der Waals surface area contributed by atoms with Crippen molar-refractivity contribution in [1.29, 1.82) is 0 Å². The van der Waals surface area contributed by atoms with E-state index in [2.05, 4.69) is 16.4 Å². The number of hydrogen-bond donors (Lipinski definition) is 1. The Balaban J connectivity index is 1.63. The summed E-state index contributed by atoms with van der Waals surface area (Å²) in [6, 6.07) is 18.5. The number of carbonyl (C=O) groups is 1. The number of fused-ring (bicyclic) bond motifs is 1. The van der Waals surface area contributed by atoms with E-state index in [0.717, 1.165) is 59.5 Å². The van der Waals surface area contributed by atoms with Gasteiger partial charge in [0.05, 0.1) is 33.2 Å². The fourth-order valence-corrected chi connectivity index (χ4v) is 5.03. The molecule has 2 heterocycles. The first kappa shape index (κ1) is 25.5. The van der Waals surface area contributed by atoms with Crippen molar-refractivity contribution in [3.05, 3.63) is 110 Å². The Labute approximate surface area is 231 Å². The molecule has 0 saturated heterocycles. The molecule has 0 radical (unpaired) electrons. The van der Waals surface area contributed by atoms with E-state index in [1.807, 2.05) is 60.1 Å². The molecule has 5 rings (SSSR count). The molecule has 1 aliphatic carbocycles. The van der Waals surface area contributed by atoms with E-state index < -0.39 is 0 Å². The Hall–Kier alpha value is -3.12. The third-order valence-corrected chi connectivity index (χ3v) is 7.45. The highest BCUT2D eigenvalue weighted by Crippen LogP contribution is 2.36. The van der Waals surface area contributed by atoms with Crippen molar-refractivity contribution in [3.8, 4) is 5.69 Å². The lowest BCUT2D eigenvalue weighted by Crippen LogP contribution is -2.28. The third-order valence-electron chi connectivity index (χ3n) is 6.46. The van der Waals surface area contributed by atoms with Crippen molar-refractivity contribution >= 4 is 52.4 Å². The number of pyridine rings is 1. The van der Waals surface area contributed by atoms with Crippen LogP contribution in [0.25, 0.3) is 17.3 Å². The minimum atomic E-state index is -0.269. The van der Waals surface area contributed by atoms with E-state index in [0.29, 0.717) is 20.8 Å². The molecule has 4 aromatic rings. The van der Waals surface area contributed by atoms with Gasteiger partial charge in [-0.1, -0.05) is 53.0 Å². The van der Waals surface area contributed by atoms with Crippen LogP contribution in [0.1, 0.15) is 65.2 Å². The Morgan fingerprint density at radius 1 is 1.00 bits per heavy atom. The lowest BCUT2D eigenvalue weighted by Gasteiger charge is -2.13. The Morgan fingerprint density at radius 3 is 2.51 bits per heavy atom. The van der Waals surface area contributed by atoms with E-state index in [4.69, 9.17) is 39.9 Å². The Morgan fingerprint density at radius 2 is 1.78 bits per heavy atom. The van der Waals surface area contributed by atoms with Gasteiger partial charge < -0.3 is 5.32 Å². The van der Waals surface area contributed by atoms with Crippen LogP contribution in [0.2, 0.25) is 15.1 Å². The minimum Gasteiger partial charge on any atom is -0.343 e. The van der Waals surface area contributed by atoms with Crippen LogP contribution in [-0.4, -0.2) is 20.7 Å². The van der Waals surface area contributed by atoms with Gasteiger partial charge in [-0.25, -0.2) is 4.68 Å². The van der Waals surface area contributed by atoms with Gasteiger partial charge in [-0.05, 0) is 92.3 Å². The van der Waals surface area contributed by atoms with Crippen LogP contribution in [0.3, 0.4) is 0 Å². The summed E-state index contributed by atoms with van der Waals surface area (Å²) in [5.41, 5.74) is 5.92. The van der Waals surface area contributed by atoms with Gasteiger partial charge in [0.1, 0.15) is 0 Å². The number of aromatic nitrogens is 3. The predicted octanol–water partition coefficient (Wildman–Crippen LogP) is 7.99. The molecule has 2 aromatic heterocycles. The zero-order chi connectivity index (χ0) is 25.9. The van der Waals surface area contributed by atoms with Gasteiger partial charge in [-0.3, -0.25) is 9.78 Å². The summed E-state index contributed by atoms with van der Waals surface area (Å²) in [6.45, 7) is 1.92. The number of hydrogen-bond acceptors (Lipinski definition) is 3. The molecule has 0 aliphatic heterocycles. The fourth-order valence-electron chi connectivity index (χ4n) is 4.61. The van der Waals surface area contributed by atoms with Gasteiger partial charge in [-0.2, -0.15) is 5.10 Å². The van der Waals surface area contributed by atoms with E-state index in [-0.39, 0.29) is 11.9 Å². The quantitative estimate of drug-likeness (QED) is 0.256. The van der Waals surface area contributed by atoms with Crippen LogP contribution >= 0.6 is 34.8 Å². The van der Waals surface area contributed by atoms with Gasteiger partial charge >= 0.3 is 0 Å². The average molecular weight is 552 g/mol. The van der Waals surface area contributed by atoms with Crippen LogP contribution < -0.4 is 5.32 Å². The number of allylic oxidation sites excluding steroid dienone is 1. The molecule has 1 amide bonds. The van der Waals surface area contributed by atoms with E-state index in [9.17, 15) is 4.79 Å².